The van der Waals surface area contributed by atoms with Crippen molar-refractivity contribution < 1.29 is 14.3 Å². The molecule has 0 heterocycles. The molecule has 0 saturated carbocycles. The van der Waals surface area contributed by atoms with Crippen LogP contribution in [0.3, 0.4) is 0 Å². The first-order valence-corrected chi connectivity index (χ1v) is 3.49. The first-order valence-electron chi connectivity index (χ1n) is 3.49. The molecule has 0 radical (unpaired) electrons. The highest BCUT2D eigenvalue weighted by atomic mass is 16.7. The molecule has 0 aromatic carbocycles. The van der Waals surface area contributed by atoms with Gasteiger partial charge in [0.25, 0.3) is 0 Å². The summed E-state index contributed by atoms with van der Waals surface area (Å²) >= 11 is 0. The molecule has 0 atom stereocenters. The number of nitrogens with zero attached hydrogens (tertiary/aromatic N) is 1. The van der Waals surface area contributed by atoms with Crippen LogP contribution < -0.4 is 5.32 Å². The van der Waals surface area contributed by atoms with Gasteiger partial charge in [0.1, 0.15) is 6.54 Å². The van der Waals surface area contributed by atoms with Crippen LogP contribution in [0, 0.1) is 0 Å². The summed E-state index contributed by atoms with van der Waals surface area (Å²) in [6, 6.07) is 0. The predicted molar refractivity (Wildman–Crippen MR) is 45.2 cm³/mol. The number of carbonyl (C=O) groups excluding carboxylic acids is 1. The summed E-state index contributed by atoms with van der Waals surface area (Å²) in [6.07, 6.45) is -0.404. The second-order valence-corrected chi connectivity index (χ2v) is 2.09. The van der Waals surface area contributed by atoms with E-state index >= 15 is 0 Å². The van der Waals surface area contributed by atoms with Crippen LogP contribution >= 0.6 is 0 Å². The normalized spacial score (nSPS) is 9.92. The maximum atomic E-state index is 10.8. The van der Waals surface area contributed by atoms with Crippen LogP contribution in [-0.2, 0) is 14.3 Å². The van der Waals surface area contributed by atoms with Crippen molar-refractivity contribution in [1.82, 2.24) is 5.32 Å². The molecular formula is C7H14N2O3. The molecule has 12 heavy (non-hydrogen) atoms. The molecule has 0 aromatic heterocycles. The lowest BCUT2D eigenvalue weighted by atomic mass is 10.5. The Morgan fingerprint density at radius 3 is 2.58 bits per heavy atom. The molecule has 1 amide bonds. The van der Waals surface area contributed by atoms with Crippen LogP contribution in [0.4, 0.5) is 0 Å². The third kappa shape index (κ3) is 4.81. The number of methoxy groups -OCH3 is 2. The Kier molecular flexibility index (Phi) is 6.22. The van der Waals surface area contributed by atoms with Gasteiger partial charge in [-0.15, -0.1) is 0 Å². The quantitative estimate of drug-likeness (QED) is 0.433. The van der Waals surface area contributed by atoms with Crippen LogP contribution in [0.1, 0.15) is 0 Å². The average Bonchev–Trinajstić information content (AvgIpc) is 2.07. The Labute approximate surface area is 71.8 Å². The third-order valence-electron chi connectivity index (χ3n) is 1.25. The lowest BCUT2D eigenvalue weighted by Crippen LogP contribution is -2.35. The molecule has 0 aliphatic heterocycles. The lowest BCUT2D eigenvalue weighted by Gasteiger charge is -2.13. The highest BCUT2D eigenvalue weighted by Crippen LogP contribution is 1.86. The first kappa shape index (κ1) is 11.1. The van der Waals surface area contributed by atoms with Gasteiger partial charge in [0.05, 0.1) is 6.54 Å². The van der Waals surface area contributed by atoms with Crippen LogP contribution in [0.15, 0.2) is 4.99 Å². The van der Waals surface area contributed by atoms with E-state index in [1.165, 1.54) is 14.2 Å². The summed E-state index contributed by atoms with van der Waals surface area (Å²) in [5, 5.41) is 2.56. The van der Waals surface area contributed by atoms with E-state index in [-0.39, 0.29) is 12.5 Å². The van der Waals surface area contributed by atoms with Crippen LogP contribution in [-0.4, -0.2) is 46.2 Å². The first-order chi connectivity index (χ1) is 5.74. The largest absolute Gasteiger partial charge is 0.354 e. The predicted octanol–water partition coefficient (Wildman–Crippen LogP) is -0.578. The number of rotatable bonds is 6. The van der Waals surface area contributed by atoms with Crippen LogP contribution in [0.2, 0.25) is 0 Å². The molecule has 0 bridgehead atoms. The number of amides is 1. The smallest absolute Gasteiger partial charge is 0.241 e. The van der Waals surface area contributed by atoms with E-state index in [2.05, 4.69) is 17.0 Å². The van der Waals surface area contributed by atoms with E-state index in [1.807, 2.05) is 0 Å². The van der Waals surface area contributed by atoms with Crippen molar-refractivity contribution in [1.29, 1.82) is 0 Å². The summed E-state index contributed by atoms with van der Waals surface area (Å²) in [6.45, 7) is 3.59. The topological polar surface area (TPSA) is 59.9 Å². The molecular weight excluding hydrogens is 160 g/mol. The van der Waals surface area contributed by atoms with Crippen molar-refractivity contribution in [2.45, 2.75) is 6.29 Å². The fourth-order valence-electron chi connectivity index (χ4n) is 0.618. The van der Waals surface area contributed by atoms with Gasteiger partial charge >= 0.3 is 0 Å². The van der Waals surface area contributed by atoms with Gasteiger partial charge < -0.3 is 14.8 Å². The zero-order valence-electron chi connectivity index (χ0n) is 7.37. The third-order valence-corrected chi connectivity index (χ3v) is 1.25. The Balaban J connectivity index is 3.51. The molecule has 0 spiro atoms. The van der Waals surface area contributed by atoms with Gasteiger partial charge in [-0.1, -0.05) is 0 Å². The van der Waals surface area contributed by atoms with Crippen molar-refractivity contribution in [2.24, 2.45) is 4.99 Å². The van der Waals surface area contributed by atoms with Crippen molar-refractivity contribution in [3.05, 3.63) is 0 Å². The summed E-state index contributed by atoms with van der Waals surface area (Å²) < 4.78 is 9.69. The van der Waals surface area contributed by atoms with E-state index in [4.69, 9.17) is 9.47 Å². The highest BCUT2D eigenvalue weighted by Gasteiger charge is 2.06. The van der Waals surface area contributed by atoms with E-state index in [0.29, 0.717) is 6.54 Å². The monoisotopic (exact) mass is 174 g/mol. The Hall–Kier alpha value is -0.940. The van der Waals surface area contributed by atoms with Crippen molar-refractivity contribution in [2.75, 3.05) is 27.3 Å². The molecule has 0 aromatic rings. The lowest BCUT2D eigenvalue weighted by molar-refractivity contribution is -0.126. The Morgan fingerprint density at radius 1 is 1.58 bits per heavy atom. The molecule has 0 fully saturated rings. The zero-order chi connectivity index (χ0) is 9.40. The van der Waals surface area contributed by atoms with Gasteiger partial charge in [-0.05, 0) is 6.72 Å². The number of hydrogen-bond acceptors (Lipinski definition) is 4. The zero-order valence-corrected chi connectivity index (χ0v) is 7.37. The standard InChI is InChI=1S/C7H14N2O3/c1-8-4-6(10)9-5-7(11-2)12-3/h7H,1,4-5H2,2-3H3,(H,9,10). The molecule has 0 saturated heterocycles. The average molecular weight is 174 g/mol. The van der Waals surface area contributed by atoms with Gasteiger partial charge in [-0.2, -0.15) is 0 Å². The Morgan fingerprint density at radius 2 is 2.17 bits per heavy atom. The van der Waals surface area contributed by atoms with Crippen LogP contribution in [0.5, 0.6) is 0 Å². The maximum absolute atomic E-state index is 10.8. The number of hydrogen-bond donors (Lipinski definition) is 1. The minimum atomic E-state index is -0.404. The summed E-state index contributed by atoms with van der Waals surface area (Å²) in [5.41, 5.74) is 0. The Bertz CT molecular complexity index is 146. The molecule has 0 rings (SSSR count). The fourth-order valence-corrected chi connectivity index (χ4v) is 0.618. The van der Waals surface area contributed by atoms with E-state index in [9.17, 15) is 4.79 Å². The molecule has 5 nitrogen and oxygen atoms in total. The van der Waals surface area contributed by atoms with Gasteiger partial charge in [-0.3, -0.25) is 9.79 Å². The minimum absolute atomic E-state index is 0.0696. The van der Waals surface area contributed by atoms with Crippen molar-refractivity contribution >= 4 is 12.6 Å². The van der Waals surface area contributed by atoms with E-state index in [1.54, 1.807) is 0 Å². The SMILES string of the molecule is C=NCC(=O)NCC(OC)OC. The second kappa shape index (κ2) is 6.75. The number of aliphatic imine (C=N–C) groups is 1. The van der Waals surface area contributed by atoms with E-state index < -0.39 is 6.29 Å². The van der Waals surface area contributed by atoms with Crippen molar-refractivity contribution in [3.8, 4) is 0 Å². The van der Waals surface area contributed by atoms with Crippen LogP contribution in [0.25, 0.3) is 0 Å². The molecule has 0 unspecified atom stereocenters. The van der Waals surface area contributed by atoms with Gasteiger partial charge in [0.2, 0.25) is 5.91 Å². The maximum Gasteiger partial charge on any atom is 0.241 e. The number of ether oxygens (including phenoxy) is 2. The molecule has 5 heteroatoms. The minimum Gasteiger partial charge on any atom is -0.354 e. The molecule has 0 aliphatic rings. The van der Waals surface area contributed by atoms with Gasteiger partial charge in [0.15, 0.2) is 6.29 Å². The number of carbonyl (C=O) groups is 1. The van der Waals surface area contributed by atoms with Crippen molar-refractivity contribution in [3.63, 3.8) is 0 Å². The molecule has 1 N–H and O–H groups in total. The highest BCUT2D eigenvalue weighted by molar-refractivity contribution is 5.78. The van der Waals surface area contributed by atoms with E-state index in [0.717, 1.165) is 0 Å². The summed E-state index contributed by atoms with van der Waals surface area (Å²) in [4.78, 5) is 14.2. The summed E-state index contributed by atoms with van der Waals surface area (Å²) in [5.74, 6) is -0.191. The van der Waals surface area contributed by atoms with Gasteiger partial charge in [0, 0.05) is 14.2 Å². The fraction of sp³-hybridized carbons (Fsp3) is 0.714. The molecule has 0 aliphatic carbocycles. The number of nitrogens with one attached hydrogen (secondary N) is 1. The molecule has 70 valence electrons. The van der Waals surface area contributed by atoms with Gasteiger partial charge in [-0.25, -0.2) is 0 Å². The summed E-state index contributed by atoms with van der Waals surface area (Å²) in [7, 11) is 3.01. The second-order valence-electron chi connectivity index (χ2n) is 2.09.